The van der Waals surface area contributed by atoms with Crippen LogP contribution >= 0.6 is 0 Å². The van der Waals surface area contributed by atoms with Crippen LogP contribution in [0.1, 0.15) is 0 Å². The maximum atomic E-state index is 6.41. The normalized spacial score (nSPS) is 11.4. The number of rotatable bonds is 4. The van der Waals surface area contributed by atoms with Crippen LogP contribution in [-0.4, -0.2) is 9.97 Å². The standard InChI is InChI=1S/C38H24N2O/c1-3-11-25(12-4-1)27-15-9-16-28(23-27)29-17-10-18-30(24-29)38-39-35(26-13-5-2-6-14-26)33-22-21-32-31-19-7-8-20-34(31)41-37(32)36(33)40-38/h1-24H. The minimum absolute atomic E-state index is 0.672. The van der Waals surface area contributed by atoms with Gasteiger partial charge in [-0.3, -0.25) is 0 Å². The number of nitrogens with zero attached hydrogens (tertiary/aromatic N) is 2. The van der Waals surface area contributed by atoms with Crippen molar-refractivity contribution in [3.05, 3.63) is 146 Å². The molecule has 8 rings (SSSR count). The molecule has 0 amide bonds. The first-order chi connectivity index (χ1) is 20.3. The fourth-order valence-electron chi connectivity index (χ4n) is 5.67. The van der Waals surface area contributed by atoms with E-state index >= 15 is 0 Å². The third kappa shape index (κ3) is 4.07. The number of furan rings is 1. The van der Waals surface area contributed by atoms with Crippen molar-refractivity contribution in [1.29, 1.82) is 0 Å². The zero-order valence-electron chi connectivity index (χ0n) is 22.2. The predicted octanol–water partition coefficient (Wildman–Crippen LogP) is 10.2. The van der Waals surface area contributed by atoms with Gasteiger partial charge in [0.05, 0.1) is 5.69 Å². The lowest BCUT2D eigenvalue weighted by atomic mass is 9.97. The van der Waals surface area contributed by atoms with Crippen LogP contribution in [0.25, 0.3) is 77.7 Å². The third-order valence-electron chi connectivity index (χ3n) is 7.68. The van der Waals surface area contributed by atoms with E-state index in [2.05, 4.69) is 103 Å². The summed E-state index contributed by atoms with van der Waals surface area (Å²) < 4.78 is 6.41. The molecule has 8 aromatic rings. The molecular formula is C38H24N2O. The number of aromatic nitrogens is 2. The summed E-state index contributed by atoms with van der Waals surface area (Å²) in [4.78, 5) is 10.3. The average Bonchev–Trinajstić information content (AvgIpc) is 3.45. The van der Waals surface area contributed by atoms with Crippen LogP contribution in [-0.2, 0) is 0 Å². The van der Waals surface area contributed by atoms with E-state index in [1.54, 1.807) is 0 Å². The maximum absolute atomic E-state index is 6.41. The van der Waals surface area contributed by atoms with Crippen molar-refractivity contribution < 1.29 is 4.42 Å². The van der Waals surface area contributed by atoms with Crippen molar-refractivity contribution >= 4 is 32.8 Å². The number of benzene rings is 6. The molecule has 0 atom stereocenters. The minimum Gasteiger partial charge on any atom is -0.454 e. The van der Waals surface area contributed by atoms with Crippen molar-refractivity contribution in [2.45, 2.75) is 0 Å². The Labute approximate surface area is 237 Å². The van der Waals surface area contributed by atoms with E-state index in [0.717, 1.165) is 60.8 Å². The van der Waals surface area contributed by atoms with Crippen LogP contribution in [0.15, 0.2) is 150 Å². The Hall–Kier alpha value is -5.54. The van der Waals surface area contributed by atoms with Gasteiger partial charge in [-0.05, 0) is 52.6 Å². The molecule has 0 saturated heterocycles. The molecule has 3 heteroatoms. The van der Waals surface area contributed by atoms with Gasteiger partial charge in [-0.2, -0.15) is 0 Å². The van der Waals surface area contributed by atoms with Gasteiger partial charge in [-0.1, -0.05) is 115 Å². The topological polar surface area (TPSA) is 38.9 Å². The summed E-state index contributed by atoms with van der Waals surface area (Å²) in [5, 5.41) is 3.12. The highest BCUT2D eigenvalue weighted by Crippen LogP contribution is 2.38. The molecule has 2 heterocycles. The zero-order valence-corrected chi connectivity index (χ0v) is 22.2. The summed E-state index contributed by atoms with van der Waals surface area (Å²) in [6.07, 6.45) is 0. The van der Waals surface area contributed by atoms with E-state index in [1.165, 1.54) is 11.1 Å². The maximum Gasteiger partial charge on any atom is 0.161 e. The van der Waals surface area contributed by atoms with Crippen LogP contribution in [0.2, 0.25) is 0 Å². The van der Waals surface area contributed by atoms with E-state index in [0.29, 0.717) is 5.82 Å². The summed E-state index contributed by atoms with van der Waals surface area (Å²) in [7, 11) is 0. The van der Waals surface area contributed by atoms with Gasteiger partial charge < -0.3 is 4.42 Å². The summed E-state index contributed by atoms with van der Waals surface area (Å²) in [6, 6.07) is 50.3. The number of hydrogen-bond donors (Lipinski definition) is 0. The molecule has 0 N–H and O–H groups in total. The highest BCUT2D eigenvalue weighted by Gasteiger charge is 2.17. The molecule has 0 saturated carbocycles. The molecule has 0 aliphatic heterocycles. The fraction of sp³-hybridized carbons (Fsp3) is 0. The van der Waals surface area contributed by atoms with Crippen molar-refractivity contribution in [1.82, 2.24) is 9.97 Å². The van der Waals surface area contributed by atoms with Crippen LogP contribution in [0.5, 0.6) is 0 Å². The molecule has 192 valence electrons. The molecule has 41 heavy (non-hydrogen) atoms. The molecule has 3 nitrogen and oxygen atoms in total. The second-order valence-electron chi connectivity index (χ2n) is 10.2. The molecule has 0 radical (unpaired) electrons. The molecule has 0 fully saturated rings. The summed E-state index contributed by atoms with van der Waals surface area (Å²) in [6.45, 7) is 0. The SMILES string of the molecule is c1ccc(-c2cccc(-c3cccc(-c4nc(-c5ccccc5)c5ccc6c7ccccc7oc6c5n4)c3)c2)cc1. The van der Waals surface area contributed by atoms with E-state index < -0.39 is 0 Å². The number of para-hydroxylation sites is 1. The van der Waals surface area contributed by atoms with Crippen molar-refractivity contribution in [3.63, 3.8) is 0 Å². The summed E-state index contributed by atoms with van der Waals surface area (Å²) >= 11 is 0. The third-order valence-corrected chi connectivity index (χ3v) is 7.68. The highest BCUT2D eigenvalue weighted by atomic mass is 16.3. The monoisotopic (exact) mass is 524 g/mol. The van der Waals surface area contributed by atoms with Gasteiger partial charge in [0, 0.05) is 27.3 Å². The Balaban J connectivity index is 1.33. The Kier molecular flexibility index (Phi) is 5.46. The average molecular weight is 525 g/mol. The fourth-order valence-corrected chi connectivity index (χ4v) is 5.67. The first-order valence-corrected chi connectivity index (χ1v) is 13.8. The smallest absolute Gasteiger partial charge is 0.161 e. The van der Waals surface area contributed by atoms with Gasteiger partial charge in [-0.15, -0.1) is 0 Å². The van der Waals surface area contributed by atoms with Gasteiger partial charge in [0.1, 0.15) is 11.1 Å². The first kappa shape index (κ1) is 23.4. The Bertz CT molecular complexity index is 2200. The number of fused-ring (bicyclic) bond motifs is 5. The Morgan fingerprint density at radius 1 is 0.390 bits per heavy atom. The molecular weight excluding hydrogens is 500 g/mol. The van der Waals surface area contributed by atoms with Crippen LogP contribution < -0.4 is 0 Å². The largest absolute Gasteiger partial charge is 0.454 e. The molecule has 2 aromatic heterocycles. The highest BCUT2D eigenvalue weighted by molar-refractivity contribution is 6.15. The lowest BCUT2D eigenvalue weighted by Gasteiger charge is -2.11. The predicted molar refractivity (Wildman–Crippen MR) is 169 cm³/mol. The second kappa shape index (κ2) is 9.58. The van der Waals surface area contributed by atoms with E-state index in [-0.39, 0.29) is 0 Å². The first-order valence-electron chi connectivity index (χ1n) is 13.8. The zero-order chi connectivity index (χ0) is 27.2. The molecule has 0 aliphatic rings. The van der Waals surface area contributed by atoms with E-state index in [1.807, 2.05) is 42.5 Å². The summed E-state index contributed by atoms with van der Waals surface area (Å²) in [5.74, 6) is 0.672. The lowest BCUT2D eigenvalue weighted by molar-refractivity contribution is 0.671. The van der Waals surface area contributed by atoms with Gasteiger partial charge in [-0.25, -0.2) is 9.97 Å². The quantitative estimate of drug-likeness (QED) is 0.230. The lowest BCUT2D eigenvalue weighted by Crippen LogP contribution is -1.96. The van der Waals surface area contributed by atoms with Crippen LogP contribution in [0, 0.1) is 0 Å². The van der Waals surface area contributed by atoms with Gasteiger partial charge in [0.2, 0.25) is 0 Å². The van der Waals surface area contributed by atoms with E-state index in [4.69, 9.17) is 14.4 Å². The second-order valence-corrected chi connectivity index (χ2v) is 10.2. The Morgan fingerprint density at radius 2 is 0.951 bits per heavy atom. The molecule has 0 aliphatic carbocycles. The van der Waals surface area contributed by atoms with E-state index in [9.17, 15) is 0 Å². The van der Waals surface area contributed by atoms with Crippen molar-refractivity contribution in [2.75, 3.05) is 0 Å². The molecule has 0 spiro atoms. The number of hydrogen-bond acceptors (Lipinski definition) is 3. The van der Waals surface area contributed by atoms with Gasteiger partial charge in [0.15, 0.2) is 11.4 Å². The van der Waals surface area contributed by atoms with Crippen molar-refractivity contribution in [3.8, 4) is 44.9 Å². The minimum atomic E-state index is 0.672. The molecule has 0 unspecified atom stereocenters. The Morgan fingerprint density at radius 3 is 1.71 bits per heavy atom. The van der Waals surface area contributed by atoms with Crippen LogP contribution in [0.3, 0.4) is 0 Å². The van der Waals surface area contributed by atoms with Gasteiger partial charge >= 0.3 is 0 Å². The van der Waals surface area contributed by atoms with Crippen LogP contribution in [0.4, 0.5) is 0 Å². The molecule has 6 aromatic carbocycles. The molecule has 0 bridgehead atoms. The summed E-state index contributed by atoms with van der Waals surface area (Å²) in [5.41, 5.74) is 10.0. The van der Waals surface area contributed by atoms with Crippen molar-refractivity contribution in [2.24, 2.45) is 0 Å². The van der Waals surface area contributed by atoms with Gasteiger partial charge in [0.25, 0.3) is 0 Å².